The first-order valence-corrected chi connectivity index (χ1v) is 9.21. The number of hydrogen-bond acceptors (Lipinski definition) is 3. The third-order valence-corrected chi connectivity index (χ3v) is 6.01. The molecule has 1 amide bonds. The van der Waals surface area contributed by atoms with Gasteiger partial charge < -0.3 is 4.90 Å². The van der Waals surface area contributed by atoms with Crippen LogP contribution in [0.2, 0.25) is 0 Å². The van der Waals surface area contributed by atoms with E-state index in [0.717, 1.165) is 5.56 Å². The van der Waals surface area contributed by atoms with E-state index in [0.29, 0.717) is 39.0 Å². The lowest BCUT2D eigenvalue weighted by Gasteiger charge is -2.24. The van der Waals surface area contributed by atoms with Crippen LogP contribution in [0.4, 0.5) is 0 Å². The minimum absolute atomic E-state index is 0.0537. The first kappa shape index (κ1) is 17.9. The predicted octanol–water partition coefficient (Wildman–Crippen LogP) is 0.878. The molecule has 0 N–H and O–H groups in total. The third-order valence-electron chi connectivity index (χ3n) is 4.07. The van der Waals surface area contributed by atoms with Crippen molar-refractivity contribution in [2.45, 2.75) is 19.8 Å². The van der Waals surface area contributed by atoms with Gasteiger partial charge in [-0.25, -0.2) is 0 Å². The molecule has 1 fully saturated rings. The molecule has 6 nitrogen and oxygen atoms in total. The van der Waals surface area contributed by atoms with Gasteiger partial charge in [-0.05, 0) is 18.9 Å². The van der Waals surface area contributed by atoms with Gasteiger partial charge in [-0.2, -0.15) is 17.0 Å². The molecule has 1 aliphatic heterocycles. The van der Waals surface area contributed by atoms with E-state index >= 15 is 0 Å². The second kappa shape index (κ2) is 7.42. The van der Waals surface area contributed by atoms with Crippen molar-refractivity contribution in [2.75, 3.05) is 40.3 Å². The van der Waals surface area contributed by atoms with Crippen molar-refractivity contribution in [2.24, 2.45) is 0 Å². The quantitative estimate of drug-likeness (QED) is 0.818. The molecule has 1 saturated heterocycles. The van der Waals surface area contributed by atoms with Gasteiger partial charge in [-0.3, -0.25) is 4.79 Å². The van der Waals surface area contributed by atoms with E-state index in [1.54, 1.807) is 4.90 Å². The van der Waals surface area contributed by atoms with Crippen LogP contribution in [0, 0.1) is 6.92 Å². The number of rotatable bonds is 4. The Labute approximate surface area is 138 Å². The van der Waals surface area contributed by atoms with Crippen LogP contribution >= 0.6 is 0 Å². The van der Waals surface area contributed by atoms with E-state index in [1.807, 2.05) is 31.2 Å². The van der Waals surface area contributed by atoms with Gasteiger partial charge >= 0.3 is 0 Å². The van der Waals surface area contributed by atoms with Crippen molar-refractivity contribution in [3.63, 3.8) is 0 Å². The van der Waals surface area contributed by atoms with Crippen LogP contribution in [0.25, 0.3) is 0 Å². The lowest BCUT2D eigenvalue weighted by molar-refractivity contribution is -0.130. The SMILES string of the molecule is Cc1ccc(CC(=O)N2CCCN(S(=O)(=O)N(C)C)CC2)cc1. The Morgan fingerprint density at radius 3 is 2.35 bits per heavy atom. The molecule has 0 atom stereocenters. The van der Waals surface area contributed by atoms with Gasteiger partial charge in [0, 0.05) is 40.3 Å². The molecule has 7 heteroatoms. The highest BCUT2D eigenvalue weighted by Gasteiger charge is 2.28. The van der Waals surface area contributed by atoms with Gasteiger partial charge in [0.2, 0.25) is 5.91 Å². The van der Waals surface area contributed by atoms with Crippen molar-refractivity contribution in [1.29, 1.82) is 0 Å². The van der Waals surface area contributed by atoms with Gasteiger partial charge in [0.25, 0.3) is 10.2 Å². The minimum atomic E-state index is -3.41. The van der Waals surface area contributed by atoms with Gasteiger partial charge in [0.15, 0.2) is 0 Å². The zero-order valence-corrected chi connectivity index (χ0v) is 14.8. The summed E-state index contributed by atoms with van der Waals surface area (Å²) in [5.74, 6) is 0.0537. The highest BCUT2D eigenvalue weighted by Crippen LogP contribution is 2.12. The summed E-state index contributed by atoms with van der Waals surface area (Å²) in [6, 6.07) is 7.93. The Bertz CT molecular complexity index is 641. The van der Waals surface area contributed by atoms with E-state index in [2.05, 4.69) is 0 Å². The van der Waals surface area contributed by atoms with Crippen LogP contribution in [0.5, 0.6) is 0 Å². The smallest absolute Gasteiger partial charge is 0.281 e. The fourth-order valence-corrected chi connectivity index (χ4v) is 3.73. The Kier molecular flexibility index (Phi) is 5.78. The van der Waals surface area contributed by atoms with E-state index < -0.39 is 10.2 Å². The number of hydrogen-bond donors (Lipinski definition) is 0. The Balaban J connectivity index is 1.97. The van der Waals surface area contributed by atoms with Crippen LogP contribution in [-0.2, 0) is 21.4 Å². The molecule has 0 radical (unpaired) electrons. The summed E-state index contributed by atoms with van der Waals surface area (Å²) in [5.41, 5.74) is 2.16. The minimum Gasteiger partial charge on any atom is -0.341 e. The summed E-state index contributed by atoms with van der Waals surface area (Å²) in [6.07, 6.45) is 1.02. The maximum Gasteiger partial charge on any atom is 0.281 e. The Morgan fingerprint density at radius 1 is 1.09 bits per heavy atom. The fourth-order valence-electron chi connectivity index (χ4n) is 2.60. The molecule has 0 unspecified atom stereocenters. The number of carbonyl (C=O) groups excluding carboxylic acids is 1. The Morgan fingerprint density at radius 2 is 1.74 bits per heavy atom. The van der Waals surface area contributed by atoms with E-state index in [9.17, 15) is 13.2 Å². The first-order chi connectivity index (χ1) is 10.8. The molecule has 128 valence electrons. The zero-order valence-electron chi connectivity index (χ0n) is 14.0. The van der Waals surface area contributed by atoms with Crippen LogP contribution in [0.3, 0.4) is 0 Å². The summed E-state index contributed by atoms with van der Waals surface area (Å²) in [5, 5.41) is 0. The molecule has 1 aromatic rings. The van der Waals surface area contributed by atoms with E-state index in [1.165, 1.54) is 28.3 Å². The average molecular weight is 339 g/mol. The lowest BCUT2D eigenvalue weighted by atomic mass is 10.1. The molecular weight excluding hydrogens is 314 g/mol. The normalized spacial score (nSPS) is 17.3. The number of carbonyl (C=O) groups is 1. The van der Waals surface area contributed by atoms with Crippen LogP contribution in [0.1, 0.15) is 17.5 Å². The van der Waals surface area contributed by atoms with Gasteiger partial charge in [0.05, 0.1) is 6.42 Å². The van der Waals surface area contributed by atoms with Crippen LogP contribution < -0.4 is 0 Å². The second-order valence-electron chi connectivity index (χ2n) is 6.09. The van der Waals surface area contributed by atoms with Gasteiger partial charge in [0.1, 0.15) is 0 Å². The van der Waals surface area contributed by atoms with E-state index in [-0.39, 0.29) is 5.91 Å². The third kappa shape index (κ3) is 4.53. The first-order valence-electron chi connectivity index (χ1n) is 7.81. The molecule has 0 saturated carbocycles. The molecular formula is C16H25N3O3S. The summed E-state index contributed by atoms with van der Waals surface area (Å²) in [6.45, 7) is 3.86. The summed E-state index contributed by atoms with van der Waals surface area (Å²) < 4.78 is 27.0. The molecule has 0 spiro atoms. The molecule has 0 aliphatic carbocycles. The van der Waals surface area contributed by atoms with Crippen LogP contribution in [-0.4, -0.2) is 68.1 Å². The summed E-state index contributed by atoms with van der Waals surface area (Å²) in [7, 11) is -0.351. The fraction of sp³-hybridized carbons (Fsp3) is 0.562. The molecule has 1 heterocycles. The summed E-state index contributed by atoms with van der Waals surface area (Å²) in [4.78, 5) is 14.2. The number of nitrogens with zero attached hydrogens (tertiary/aromatic N) is 3. The largest absolute Gasteiger partial charge is 0.341 e. The highest BCUT2D eigenvalue weighted by molar-refractivity contribution is 7.86. The van der Waals surface area contributed by atoms with Crippen molar-refractivity contribution in [3.05, 3.63) is 35.4 Å². The van der Waals surface area contributed by atoms with Crippen molar-refractivity contribution < 1.29 is 13.2 Å². The van der Waals surface area contributed by atoms with Crippen molar-refractivity contribution >= 4 is 16.1 Å². The molecule has 23 heavy (non-hydrogen) atoms. The Hall–Kier alpha value is -1.44. The maximum atomic E-state index is 12.4. The zero-order chi connectivity index (χ0) is 17.0. The highest BCUT2D eigenvalue weighted by atomic mass is 32.2. The van der Waals surface area contributed by atoms with Gasteiger partial charge in [-0.1, -0.05) is 29.8 Å². The van der Waals surface area contributed by atoms with Crippen molar-refractivity contribution in [3.8, 4) is 0 Å². The molecule has 1 aromatic carbocycles. The maximum absolute atomic E-state index is 12.4. The van der Waals surface area contributed by atoms with Crippen molar-refractivity contribution in [1.82, 2.24) is 13.5 Å². The predicted molar refractivity (Wildman–Crippen MR) is 90.3 cm³/mol. The lowest BCUT2D eigenvalue weighted by Crippen LogP contribution is -2.42. The van der Waals surface area contributed by atoms with Gasteiger partial charge in [-0.15, -0.1) is 0 Å². The average Bonchev–Trinajstić information content (AvgIpc) is 2.76. The second-order valence-corrected chi connectivity index (χ2v) is 8.23. The summed E-state index contributed by atoms with van der Waals surface area (Å²) >= 11 is 0. The van der Waals surface area contributed by atoms with E-state index in [4.69, 9.17) is 0 Å². The standard InChI is InChI=1S/C16H25N3O3S/c1-14-5-7-15(8-6-14)13-16(20)18-9-4-10-19(12-11-18)23(21,22)17(2)3/h5-8H,4,9-13H2,1-3H3. The number of benzene rings is 1. The monoisotopic (exact) mass is 339 g/mol. The molecule has 2 rings (SSSR count). The molecule has 0 aromatic heterocycles. The van der Waals surface area contributed by atoms with Crippen LogP contribution in [0.15, 0.2) is 24.3 Å². The number of amides is 1. The molecule has 0 bridgehead atoms. The topological polar surface area (TPSA) is 60.9 Å². The molecule has 1 aliphatic rings. The number of aryl methyl sites for hydroxylation is 1.